The lowest BCUT2D eigenvalue weighted by Crippen LogP contribution is -2.21. The van der Waals surface area contributed by atoms with E-state index in [0.29, 0.717) is 23.0 Å². The first-order chi connectivity index (χ1) is 14.7. The van der Waals surface area contributed by atoms with Crippen LogP contribution in [0.2, 0.25) is 0 Å². The summed E-state index contributed by atoms with van der Waals surface area (Å²) in [5.74, 6) is 0.364. The second kappa shape index (κ2) is 7.59. The molecule has 0 atom stereocenters. The number of hydrogen-bond acceptors (Lipinski definition) is 4. The SMILES string of the molecule is O=C(OCc1ccc(-c2ccccc2)cc1)c1ccc2c(=O)n3c(nc2c1)CCC3. The number of benzene rings is 3. The Morgan fingerprint density at radius 1 is 0.967 bits per heavy atom. The highest BCUT2D eigenvalue weighted by molar-refractivity contribution is 5.94. The summed E-state index contributed by atoms with van der Waals surface area (Å²) in [6, 6.07) is 23.0. The molecule has 0 amide bonds. The molecule has 148 valence electrons. The predicted octanol–water partition coefficient (Wildman–Crippen LogP) is 4.37. The van der Waals surface area contributed by atoms with Gasteiger partial charge >= 0.3 is 5.97 Å². The van der Waals surface area contributed by atoms with Crippen molar-refractivity contribution >= 4 is 16.9 Å². The molecule has 5 nitrogen and oxygen atoms in total. The molecule has 2 heterocycles. The Balaban J connectivity index is 1.31. The molecule has 1 aromatic heterocycles. The van der Waals surface area contributed by atoms with Gasteiger partial charge in [-0.25, -0.2) is 9.78 Å². The fourth-order valence-electron chi connectivity index (χ4n) is 3.87. The van der Waals surface area contributed by atoms with Crippen molar-refractivity contribution in [3.8, 4) is 11.1 Å². The number of fused-ring (bicyclic) bond motifs is 2. The Hall–Kier alpha value is -3.73. The van der Waals surface area contributed by atoms with Crippen LogP contribution in [0.15, 0.2) is 77.6 Å². The van der Waals surface area contributed by atoms with Crippen molar-refractivity contribution < 1.29 is 9.53 Å². The number of carbonyl (C=O) groups excluding carboxylic acids is 1. The highest BCUT2D eigenvalue weighted by Gasteiger charge is 2.17. The topological polar surface area (TPSA) is 61.2 Å². The molecule has 0 radical (unpaired) electrons. The minimum atomic E-state index is -0.425. The van der Waals surface area contributed by atoms with E-state index in [2.05, 4.69) is 17.1 Å². The van der Waals surface area contributed by atoms with Crippen LogP contribution in [0.1, 0.15) is 28.2 Å². The second-order valence-electron chi connectivity index (χ2n) is 7.46. The molecule has 0 saturated heterocycles. The lowest BCUT2D eigenvalue weighted by Gasteiger charge is -2.08. The van der Waals surface area contributed by atoms with Crippen molar-refractivity contribution in [3.05, 3.63) is 100 Å². The monoisotopic (exact) mass is 396 g/mol. The van der Waals surface area contributed by atoms with Crippen molar-refractivity contribution in [2.75, 3.05) is 0 Å². The minimum absolute atomic E-state index is 0.0362. The van der Waals surface area contributed by atoms with E-state index in [9.17, 15) is 9.59 Å². The number of nitrogens with zero attached hydrogens (tertiary/aromatic N) is 2. The minimum Gasteiger partial charge on any atom is -0.457 e. The second-order valence-corrected chi connectivity index (χ2v) is 7.46. The van der Waals surface area contributed by atoms with Gasteiger partial charge in [-0.3, -0.25) is 9.36 Å². The van der Waals surface area contributed by atoms with Crippen LogP contribution in [-0.2, 0) is 24.3 Å². The maximum absolute atomic E-state index is 12.5. The molecule has 1 aliphatic heterocycles. The molecule has 0 aliphatic carbocycles. The number of rotatable bonds is 4. The predicted molar refractivity (Wildman–Crippen MR) is 115 cm³/mol. The third kappa shape index (κ3) is 3.39. The van der Waals surface area contributed by atoms with Crippen molar-refractivity contribution in [1.29, 1.82) is 0 Å². The fourth-order valence-corrected chi connectivity index (χ4v) is 3.87. The van der Waals surface area contributed by atoms with Crippen LogP contribution >= 0.6 is 0 Å². The van der Waals surface area contributed by atoms with Gasteiger partial charge in [0.25, 0.3) is 5.56 Å². The number of aromatic nitrogens is 2. The van der Waals surface area contributed by atoms with Gasteiger partial charge in [-0.05, 0) is 41.3 Å². The van der Waals surface area contributed by atoms with Crippen LogP contribution in [0.4, 0.5) is 0 Å². The van der Waals surface area contributed by atoms with E-state index in [0.717, 1.165) is 35.4 Å². The third-order valence-electron chi connectivity index (χ3n) is 5.48. The van der Waals surface area contributed by atoms with Gasteiger partial charge in [0.2, 0.25) is 0 Å². The summed E-state index contributed by atoms with van der Waals surface area (Å²) in [5, 5.41) is 0.536. The average Bonchev–Trinajstić information content (AvgIpc) is 3.27. The van der Waals surface area contributed by atoms with Crippen molar-refractivity contribution in [1.82, 2.24) is 9.55 Å². The molecule has 0 spiro atoms. The zero-order valence-corrected chi connectivity index (χ0v) is 16.4. The van der Waals surface area contributed by atoms with Crippen LogP contribution < -0.4 is 5.56 Å². The fraction of sp³-hybridized carbons (Fsp3) is 0.160. The van der Waals surface area contributed by atoms with Gasteiger partial charge in [0.1, 0.15) is 12.4 Å². The first kappa shape index (κ1) is 18.3. The number of esters is 1. The third-order valence-corrected chi connectivity index (χ3v) is 5.48. The number of carbonyl (C=O) groups is 1. The summed E-state index contributed by atoms with van der Waals surface area (Å²) in [6.07, 6.45) is 1.72. The average molecular weight is 396 g/mol. The van der Waals surface area contributed by atoms with Crippen molar-refractivity contribution in [2.24, 2.45) is 0 Å². The summed E-state index contributed by atoms with van der Waals surface area (Å²) in [7, 11) is 0. The summed E-state index contributed by atoms with van der Waals surface area (Å²) in [6.45, 7) is 0.899. The van der Waals surface area contributed by atoms with Crippen LogP contribution in [0.5, 0.6) is 0 Å². The Labute approximate surface area is 173 Å². The molecule has 4 aromatic rings. The molecule has 5 rings (SSSR count). The van der Waals surface area contributed by atoms with Crippen LogP contribution in [0.3, 0.4) is 0 Å². The summed E-state index contributed by atoms with van der Waals surface area (Å²) < 4.78 is 7.20. The molecule has 0 saturated carbocycles. The van der Waals surface area contributed by atoms with E-state index in [1.807, 2.05) is 42.5 Å². The molecule has 3 aromatic carbocycles. The molecule has 30 heavy (non-hydrogen) atoms. The van der Waals surface area contributed by atoms with Crippen LogP contribution in [0.25, 0.3) is 22.0 Å². The zero-order chi connectivity index (χ0) is 20.5. The van der Waals surface area contributed by atoms with E-state index in [1.165, 1.54) is 0 Å². The normalized spacial score (nSPS) is 12.7. The summed E-state index contributed by atoms with van der Waals surface area (Å²) >= 11 is 0. The molecule has 0 N–H and O–H groups in total. The zero-order valence-electron chi connectivity index (χ0n) is 16.4. The van der Waals surface area contributed by atoms with Gasteiger partial charge in [0.15, 0.2) is 0 Å². The van der Waals surface area contributed by atoms with Gasteiger partial charge < -0.3 is 4.74 Å². The highest BCUT2D eigenvalue weighted by atomic mass is 16.5. The Morgan fingerprint density at radius 3 is 2.53 bits per heavy atom. The maximum atomic E-state index is 12.5. The number of hydrogen-bond donors (Lipinski definition) is 0. The Kier molecular flexibility index (Phi) is 4.64. The van der Waals surface area contributed by atoms with Gasteiger partial charge in [-0.2, -0.15) is 0 Å². The van der Waals surface area contributed by atoms with Crippen molar-refractivity contribution in [3.63, 3.8) is 0 Å². The molecular formula is C25H20N2O3. The van der Waals surface area contributed by atoms with E-state index < -0.39 is 5.97 Å². The largest absolute Gasteiger partial charge is 0.457 e. The van der Waals surface area contributed by atoms with E-state index in [4.69, 9.17) is 4.74 Å². The first-order valence-corrected chi connectivity index (χ1v) is 10.0. The maximum Gasteiger partial charge on any atom is 0.338 e. The molecule has 1 aliphatic rings. The molecule has 5 heteroatoms. The quantitative estimate of drug-likeness (QED) is 0.481. The van der Waals surface area contributed by atoms with Gasteiger partial charge in [0, 0.05) is 13.0 Å². The van der Waals surface area contributed by atoms with Crippen LogP contribution in [-0.4, -0.2) is 15.5 Å². The lowest BCUT2D eigenvalue weighted by atomic mass is 10.0. The van der Waals surface area contributed by atoms with Gasteiger partial charge in [-0.1, -0.05) is 54.6 Å². The number of aryl methyl sites for hydroxylation is 1. The highest BCUT2D eigenvalue weighted by Crippen LogP contribution is 2.20. The van der Waals surface area contributed by atoms with E-state index >= 15 is 0 Å². The Bertz CT molecular complexity index is 1290. The first-order valence-electron chi connectivity index (χ1n) is 10.0. The smallest absolute Gasteiger partial charge is 0.338 e. The standard InChI is InChI=1S/C25H20N2O3/c28-24-21-13-12-20(15-22(21)26-23-7-4-14-27(23)24)25(29)30-16-17-8-10-19(11-9-17)18-5-2-1-3-6-18/h1-3,5-6,8-13,15H,4,7,14,16H2. The molecule has 0 bridgehead atoms. The van der Waals surface area contributed by atoms with Crippen LogP contribution in [0, 0.1) is 0 Å². The van der Waals surface area contributed by atoms with Gasteiger partial charge in [-0.15, -0.1) is 0 Å². The molecule has 0 unspecified atom stereocenters. The molecule has 0 fully saturated rings. The lowest BCUT2D eigenvalue weighted by molar-refractivity contribution is 0.0473. The van der Waals surface area contributed by atoms with Crippen molar-refractivity contribution in [2.45, 2.75) is 26.0 Å². The van der Waals surface area contributed by atoms with Gasteiger partial charge in [0.05, 0.1) is 16.5 Å². The number of ether oxygens (including phenoxy) is 1. The molecular weight excluding hydrogens is 376 g/mol. The summed E-state index contributed by atoms with van der Waals surface area (Å²) in [5.41, 5.74) is 4.09. The summed E-state index contributed by atoms with van der Waals surface area (Å²) in [4.78, 5) is 29.7. The van der Waals surface area contributed by atoms with E-state index in [1.54, 1.807) is 22.8 Å². The Morgan fingerprint density at radius 2 is 1.73 bits per heavy atom. The van der Waals surface area contributed by atoms with E-state index in [-0.39, 0.29) is 12.2 Å².